The van der Waals surface area contributed by atoms with Gasteiger partial charge in [0.1, 0.15) is 0 Å². The molecule has 0 spiro atoms. The molecule has 0 fully saturated rings. The number of halogens is 1. The Kier molecular flexibility index (Phi) is 13.4. The van der Waals surface area contributed by atoms with Crippen molar-refractivity contribution in [2.75, 3.05) is 40.0 Å². The van der Waals surface area contributed by atoms with Gasteiger partial charge < -0.3 is 25.2 Å². The number of aryl methyl sites for hydroxylation is 1. The number of guanidine groups is 1. The zero-order valence-corrected chi connectivity index (χ0v) is 17.1. The maximum atomic E-state index is 8.85. The molecule has 0 saturated carbocycles. The van der Waals surface area contributed by atoms with Crippen LogP contribution in [0.1, 0.15) is 25.8 Å². The highest BCUT2D eigenvalue weighted by Crippen LogP contribution is 2.28. The molecule has 0 aliphatic heterocycles. The van der Waals surface area contributed by atoms with Crippen LogP contribution in [-0.4, -0.2) is 51.0 Å². The molecule has 7 heteroatoms. The second-order valence-electron chi connectivity index (χ2n) is 4.93. The van der Waals surface area contributed by atoms with Crippen LogP contribution in [0.4, 0.5) is 0 Å². The van der Waals surface area contributed by atoms with Crippen molar-refractivity contribution in [3.63, 3.8) is 0 Å². The minimum absolute atomic E-state index is 0. The molecular weight excluding hydrogens is 421 g/mol. The van der Waals surface area contributed by atoms with E-state index in [-0.39, 0.29) is 30.6 Å². The Morgan fingerprint density at radius 2 is 2.00 bits per heavy atom. The van der Waals surface area contributed by atoms with Crippen LogP contribution in [0.15, 0.2) is 23.2 Å². The smallest absolute Gasteiger partial charge is 0.191 e. The Hall–Kier alpha value is -1.22. The van der Waals surface area contributed by atoms with E-state index in [9.17, 15) is 0 Å². The van der Waals surface area contributed by atoms with Gasteiger partial charge in [0.2, 0.25) is 0 Å². The Labute approximate surface area is 162 Å². The van der Waals surface area contributed by atoms with Crippen LogP contribution in [0.3, 0.4) is 0 Å². The number of ether oxygens (including phenoxy) is 2. The van der Waals surface area contributed by atoms with Crippen molar-refractivity contribution in [2.45, 2.75) is 26.7 Å². The maximum Gasteiger partial charge on any atom is 0.191 e. The van der Waals surface area contributed by atoms with E-state index >= 15 is 0 Å². The Bertz CT molecular complexity index is 484. The van der Waals surface area contributed by atoms with Gasteiger partial charge in [0.25, 0.3) is 0 Å². The fraction of sp³-hybridized carbons (Fsp3) is 0.588. The summed E-state index contributed by atoms with van der Waals surface area (Å²) in [5, 5.41) is 15.1. The van der Waals surface area contributed by atoms with E-state index in [4.69, 9.17) is 14.6 Å². The Morgan fingerprint density at radius 1 is 1.21 bits per heavy atom. The molecule has 0 bridgehead atoms. The van der Waals surface area contributed by atoms with Crippen LogP contribution in [0, 0.1) is 0 Å². The van der Waals surface area contributed by atoms with Gasteiger partial charge in [-0.05, 0) is 44.4 Å². The standard InChI is InChI=1S/C17H29N3O3.HI/c1-4-18-17(20-11-12-21)19-10-6-7-14-8-9-15(22-3)16(13-14)23-5-2;/h8-9,13,21H,4-7,10-12H2,1-3H3,(H2,18,19,20);1H. The SMILES string of the molecule is CCNC(=NCCCc1ccc(OC)c(OCC)c1)NCCO.I. The lowest BCUT2D eigenvalue weighted by atomic mass is 10.1. The largest absolute Gasteiger partial charge is 0.493 e. The number of nitrogens with zero attached hydrogens (tertiary/aromatic N) is 1. The van der Waals surface area contributed by atoms with E-state index in [2.05, 4.69) is 21.7 Å². The first-order chi connectivity index (χ1) is 11.2. The Morgan fingerprint density at radius 3 is 2.62 bits per heavy atom. The van der Waals surface area contributed by atoms with Gasteiger partial charge >= 0.3 is 0 Å². The quantitative estimate of drug-likeness (QED) is 0.220. The van der Waals surface area contributed by atoms with E-state index < -0.39 is 0 Å². The van der Waals surface area contributed by atoms with Gasteiger partial charge in [-0.1, -0.05) is 6.07 Å². The van der Waals surface area contributed by atoms with Gasteiger partial charge in [0, 0.05) is 19.6 Å². The summed E-state index contributed by atoms with van der Waals surface area (Å²) < 4.78 is 10.9. The molecular formula is C17H30IN3O3. The van der Waals surface area contributed by atoms with Crippen molar-refractivity contribution in [3.8, 4) is 11.5 Å². The summed E-state index contributed by atoms with van der Waals surface area (Å²) in [4.78, 5) is 4.49. The maximum absolute atomic E-state index is 8.85. The van der Waals surface area contributed by atoms with Gasteiger partial charge in [0.05, 0.1) is 20.3 Å². The van der Waals surface area contributed by atoms with Crippen molar-refractivity contribution in [2.24, 2.45) is 4.99 Å². The zero-order chi connectivity index (χ0) is 16.9. The average Bonchev–Trinajstić information content (AvgIpc) is 2.57. The first-order valence-electron chi connectivity index (χ1n) is 8.17. The highest BCUT2D eigenvalue weighted by Gasteiger charge is 2.05. The first-order valence-corrected chi connectivity index (χ1v) is 8.17. The van der Waals surface area contributed by atoms with Gasteiger partial charge in [-0.25, -0.2) is 0 Å². The number of rotatable bonds is 10. The molecule has 138 valence electrons. The fourth-order valence-corrected chi connectivity index (χ4v) is 2.14. The van der Waals surface area contributed by atoms with E-state index in [1.807, 2.05) is 26.0 Å². The predicted octanol–water partition coefficient (Wildman–Crippen LogP) is 2.19. The first kappa shape index (κ1) is 22.8. The molecule has 0 radical (unpaired) electrons. The van der Waals surface area contributed by atoms with E-state index in [0.717, 1.165) is 43.4 Å². The molecule has 0 aromatic heterocycles. The third-order valence-electron chi connectivity index (χ3n) is 3.17. The van der Waals surface area contributed by atoms with Crippen LogP contribution >= 0.6 is 24.0 Å². The zero-order valence-electron chi connectivity index (χ0n) is 14.8. The molecule has 0 unspecified atom stereocenters. The number of hydrogen-bond donors (Lipinski definition) is 3. The summed E-state index contributed by atoms with van der Waals surface area (Å²) in [7, 11) is 1.65. The summed E-state index contributed by atoms with van der Waals surface area (Å²) in [6.07, 6.45) is 1.86. The molecule has 0 heterocycles. The second-order valence-corrected chi connectivity index (χ2v) is 4.93. The molecule has 3 N–H and O–H groups in total. The lowest BCUT2D eigenvalue weighted by Gasteiger charge is -2.11. The number of aliphatic imine (C=N–C) groups is 1. The minimum atomic E-state index is 0. The van der Waals surface area contributed by atoms with E-state index in [1.165, 1.54) is 5.56 Å². The minimum Gasteiger partial charge on any atom is -0.493 e. The second kappa shape index (κ2) is 14.2. The topological polar surface area (TPSA) is 75.1 Å². The number of aliphatic hydroxyl groups excluding tert-OH is 1. The van der Waals surface area contributed by atoms with E-state index in [1.54, 1.807) is 7.11 Å². The molecule has 1 aromatic carbocycles. The Balaban J connectivity index is 0.00000529. The molecule has 1 aromatic rings. The number of hydrogen-bond acceptors (Lipinski definition) is 4. The van der Waals surface area contributed by atoms with Gasteiger partial charge in [-0.2, -0.15) is 0 Å². The van der Waals surface area contributed by atoms with Gasteiger partial charge in [0.15, 0.2) is 17.5 Å². The van der Waals surface area contributed by atoms with Crippen LogP contribution in [0.5, 0.6) is 11.5 Å². The summed E-state index contributed by atoms with van der Waals surface area (Å²) in [6.45, 7) is 6.71. The average molecular weight is 451 g/mol. The van der Waals surface area contributed by atoms with Crippen molar-refractivity contribution in [1.82, 2.24) is 10.6 Å². The third kappa shape index (κ3) is 8.58. The number of aliphatic hydroxyl groups is 1. The molecule has 0 aliphatic carbocycles. The van der Waals surface area contributed by atoms with Crippen molar-refractivity contribution in [1.29, 1.82) is 0 Å². The lowest BCUT2D eigenvalue weighted by Crippen LogP contribution is -2.38. The number of nitrogens with one attached hydrogen (secondary N) is 2. The highest BCUT2D eigenvalue weighted by molar-refractivity contribution is 14.0. The lowest BCUT2D eigenvalue weighted by molar-refractivity contribution is 0.300. The molecule has 0 aliphatic rings. The number of benzene rings is 1. The molecule has 6 nitrogen and oxygen atoms in total. The van der Waals surface area contributed by atoms with Crippen LogP contribution in [0.25, 0.3) is 0 Å². The highest BCUT2D eigenvalue weighted by atomic mass is 127. The van der Waals surface area contributed by atoms with E-state index in [0.29, 0.717) is 13.2 Å². The van der Waals surface area contributed by atoms with Crippen LogP contribution in [0.2, 0.25) is 0 Å². The van der Waals surface area contributed by atoms with Crippen molar-refractivity contribution < 1.29 is 14.6 Å². The number of methoxy groups -OCH3 is 1. The third-order valence-corrected chi connectivity index (χ3v) is 3.17. The van der Waals surface area contributed by atoms with Gasteiger partial charge in [-0.3, -0.25) is 4.99 Å². The molecule has 24 heavy (non-hydrogen) atoms. The van der Waals surface area contributed by atoms with Gasteiger partial charge in [-0.15, -0.1) is 24.0 Å². The van der Waals surface area contributed by atoms with Crippen LogP contribution in [-0.2, 0) is 6.42 Å². The molecule has 0 amide bonds. The van der Waals surface area contributed by atoms with Crippen molar-refractivity contribution >= 4 is 29.9 Å². The summed E-state index contributed by atoms with van der Waals surface area (Å²) in [6, 6.07) is 6.03. The molecule has 0 atom stereocenters. The summed E-state index contributed by atoms with van der Waals surface area (Å²) in [5.74, 6) is 2.29. The normalized spacial score (nSPS) is 10.8. The summed E-state index contributed by atoms with van der Waals surface area (Å²) in [5.41, 5.74) is 1.21. The molecule has 0 saturated heterocycles. The fourth-order valence-electron chi connectivity index (χ4n) is 2.14. The monoisotopic (exact) mass is 451 g/mol. The predicted molar refractivity (Wildman–Crippen MR) is 109 cm³/mol. The van der Waals surface area contributed by atoms with Crippen molar-refractivity contribution in [3.05, 3.63) is 23.8 Å². The van der Waals surface area contributed by atoms with Crippen LogP contribution < -0.4 is 20.1 Å². The molecule has 1 rings (SSSR count). The summed E-state index contributed by atoms with van der Waals surface area (Å²) >= 11 is 0.